The van der Waals surface area contributed by atoms with Crippen LogP contribution in [-0.2, 0) is 12.7 Å². The summed E-state index contributed by atoms with van der Waals surface area (Å²) in [5.74, 6) is -0.314. The molecule has 0 saturated carbocycles. The minimum Gasteiger partial charge on any atom is -0.355 e. The molecule has 8 heteroatoms. The van der Waals surface area contributed by atoms with Crippen LogP contribution in [0.15, 0.2) is 36.5 Å². The van der Waals surface area contributed by atoms with Gasteiger partial charge in [0.2, 0.25) is 5.95 Å². The first kappa shape index (κ1) is 15.7. The molecule has 0 aliphatic carbocycles. The minimum atomic E-state index is -4.51. The van der Waals surface area contributed by atoms with Gasteiger partial charge in [0.05, 0.1) is 0 Å². The SMILES string of the molecule is CNC(=O)c1ccc(CNc2nccc(C(F)(F)F)n2)cc1. The van der Waals surface area contributed by atoms with Gasteiger partial charge in [-0.15, -0.1) is 0 Å². The molecule has 0 saturated heterocycles. The lowest BCUT2D eigenvalue weighted by Gasteiger charge is -2.09. The van der Waals surface area contributed by atoms with E-state index in [1.54, 1.807) is 24.3 Å². The summed E-state index contributed by atoms with van der Waals surface area (Å²) in [5.41, 5.74) is 0.287. The van der Waals surface area contributed by atoms with Gasteiger partial charge in [0.15, 0.2) is 0 Å². The van der Waals surface area contributed by atoms with Crippen molar-refractivity contribution in [2.75, 3.05) is 12.4 Å². The number of nitrogens with zero attached hydrogens (tertiary/aromatic N) is 2. The number of carbonyl (C=O) groups is 1. The van der Waals surface area contributed by atoms with Gasteiger partial charge in [-0.2, -0.15) is 13.2 Å². The number of alkyl halides is 3. The largest absolute Gasteiger partial charge is 0.433 e. The maximum Gasteiger partial charge on any atom is 0.433 e. The van der Waals surface area contributed by atoms with E-state index in [1.165, 1.54) is 7.05 Å². The molecule has 2 aromatic rings. The van der Waals surface area contributed by atoms with Crippen molar-refractivity contribution in [3.8, 4) is 0 Å². The molecule has 2 N–H and O–H groups in total. The number of anilines is 1. The average Bonchev–Trinajstić information content (AvgIpc) is 2.52. The summed E-state index contributed by atoms with van der Waals surface area (Å²) in [5, 5.41) is 5.21. The average molecular weight is 310 g/mol. The molecular weight excluding hydrogens is 297 g/mol. The van der Waals surface area contributed by atoms with Crippen LogP contribution in [0.5, 0.6) is 0 Å². The van der Waals surface area contributed by atoms with Gasteiger partial charge in [0, 0.05) is 25.4 Å². The molecule has 0 unspecified atom stereocenters. The Morgan fingerprint density at radius 2 is 1.86 bits per heavy atom. The molecular formula is C14H13F3N4O. The van der Waals surface area contributed by atoms with Crippen LogP contribution in [-0.4, -0.2) is 22.9 Å². The second-order valence-electron chi connectivity index (χ2n) is 4.39. The maximum atomic E-state index is 12.5. The highest BCUT2D eigenvalue weighted by Crippen LogP contribution is 2.27. The Bertz CT molecular complexity index is 656. The van der Waals surface area contributed by atoms with E-state index >= 15 is 0 Å². The van der Waals surface area contributed by atoms with Crippen LogP contribution in [0.2, 0.25) is 0 Å². The zero-order valence-corrected chi connectivity index (χ0v) is 11.6. The molecule has 0 aliphatic rings. The van der Waals surface area contributed by atoms with Crippen molar-refractivity contribution < 1.29 is 18.0 Å². The monoisotopic (exact) mass is 310 g/mol. The standard InChI is InChI=1S/C14H13F3N4O/c1-18-12(22)10-4-2-9(3-5-10)8-20-13-19-7-6-11(21-13)14(15,16)17/h2-7H,8H2,1H3,(H,18,22)(H,19,20,21). The summed E-state index contributed by atoms with van der Waals surface area (Å²) in [6, 6.07) is 7.46. The number of hydrogen-bond donors (Lipinski definition) is 2. The minimum absolute atomic E-state index is 0.106. The van der Waals surface area contributed by atoms with Crippen molar-refractivity contribution in [3.05, 3.63) is 53.3 Å². The molecule has 116 valence electrons. The third-order valence-electron chi connectivity index (χ3n) is 2.84. The molecule has 5 nitrogen and oxygen atoms in total. The maximum absolute atomic E-state index is 12.5. The highest BCUT2D eigenvalue weighted by atomic mass is 19.4. The van der Waals surface area contributed by atoms with E-state index in [9.17, 15) is 18.0 Å². The van der Waals surface area contributed by atoms with E-state index in [1.807, 2.05) is 0 Å². The molecule has 0 bridgehead atoms. The molecule has 0 radical (unpaired) electrons. The van der Waals surface area contributed by atoms with Gasteiger partial charge in [-0.05, 0) is 23.8 Å². The van der Waals surface area contributed by atoms with Crippen molar-refractivity contribution in [1.29, 1.82) is 0 Å². The van der Waals surface area contributed by atoms with Gasteiger partial charge >= 0.3 is 6.18 Å². The summed E-state index contributed by atoms with van der Waals surface area (Å²) >= 11 is 0. The fourth-order valence-corrected chi connectivity index (χ4v) is 1.70. The summed E-state index contributed by atoms with van der Waals surface area (Å²) in [6.45, 7) is 0.245. The Labute approximate surface area is 124 Å². The molecule has 0 aliphatic heterocycles. The topological polar surface area (TPSA) is 66.9 Å². The van der Waals surface area contributed by atoms with Gasteiger partial charge in [-0.1, -0.05) is 12.1 Å². The number of amides is 1. The van der Waals surface area contributed by atoms with Crippen LogP contribution in [0.4, 0.5) is 19.1 Å². The van der Waals surface area contributed by atoms with E-state index in [0.29, 0.717) is 5.56 Å². The van der Waals surface area contributed by atoms with Crippen LogP contribution in [0.3, 0.4) is 0 Å². The fourth-order valence-electron chi connectivity index (χ4n) is 1.70. The van der Waals surface area contributed by atoms with E-state index in [4.69, 9.17) is 0 Å². The fraction of sp³-hybridized carbons (Fsp3) is 0.214. The smallest absolute Gasteiger partial charge is 0.355 e. The number of benzene rings is 1. The zero-order chi connectivity index (χ0) is 16.2. The van der Waals surface area contributed by atoms with Gasteiger partial charge < -0.3 is 10.6 Å². The first-order chi connectivity index (χ1) is 10.4. The van der Waals surface area contributed by atoms with Crippen LogP contribution in [0.1, 0.15) is 21.6 Å². The Morgan fingerprint density at radius 1 is 1.18 bits per heavy atom. The van der Waals surface area contributed by atoms with E-state index in [2.05, 4.69) is 20.6 Å². The molecule has 0 spiro atoms. The number of aromatic nitrogens is 2. The molecule has 1 aromatic heterocycles. The van der Waals surface area contributed by atoms with E-state index < -0.39 is 11.9 Å². The molecule has 22 heavy (non-hydrogen) atoms. The number of hydrogen-bond acceptors (Lipinski definition) is 4. The molecule has 0 atom stereocenters. The summed E-state index contributed by atoms with van der Waals surface area (Å²) in [6.07, 6.45) is -3.46. The second kappa shape index (κ2) is 6.42. The van der Waals surface area contributed by atoms with Crippen molar-refractivity contribution in [1.82, 2.24) is 15.3 Å². The number of rotatable bonds is 4. The van der Waals surface area contributed by atoms with Crippen LogP contribution in [0, 0.1) is 0 Å². The normalized spacial score (nSPS) is 11.1. The van der Waals surface area contributed by atoms with Gasteiger partial charge in [0.1, 0.15) is 5.69 Å². The van der Waals surface area contributed by atoms with Crippen LogP contribution >= 0.6 is 0 Å². The molecule has 1 aromatic carbocycles. The third kappa shape index (κ3) is 3.94. The Hall–Kier alpha value is -2.64. The van der Waals surface area contributed by atoms with Gasteiger partial charge in [-0.3, -0.25) is 4.79 Å². The van der Waals surface area contributed by atoms with Crippen molar-refractivity contribution >= 4 is 11.9 Å². The van der Waals surface area contributed by atoms with E-state index in [-0.39, 0.29) is 18.4 Å². The second-order valence-corrected chi connectivity index (χ2v) is 4.39. The first-order valence-electron chi connectivity index (χ1n) is 6.35. The highest BCUT2D eigenvalue weighted by Gasteiger charge is 2.32. The quantitative estimate of drug-likeness (QED) is 0.910. The van der Waals surface area contributed by atoms with Crippen LogP contribution < -0.4 is 10.6 Å². The van der Waals surface area contributed by atoms with Gasteiger partial charge in [0.25, 0.3) is 5.91 Å². The summed E-state index contributed by atoms with van der Waals surface area (Å²) in [7, 11) is 1.53. The number of nitrogens with one attached hydrogen (secondary N) is 2. The molecule has 0 fully saturated rings. The lowest BCUT2D eigenvalue weighted by Crippen LogP contribution is -2.17. The Balaban J connectivity index is 2.03. The van der Waals surface area contributed by atoms with Crippen molar-refractivity contribution in [3.63, 3.8) is 0 Å². The summed E-state index contributed by atoms with van der Waals surface area (Å²) < 4.78 is 37.6. The number of halogens is 3. The molecule has 2 rings (SSSR count). The van der Waals surface area contributed by atoms with Crippen LogP contribution in [0.25, 0.3) is 0 Å². The first-order valence-corrected chi connectivity index (χ1v) is 6.35. The highest BCUT2D eigenvalue weighted by molar-refractivity contribution is 5.93. The lowest BCUT2D eigenvalue weighted by atomic mass is 10.1. The Kier molecular flexibility index (Phi) is 4.59. The van der Waals surface area contributed by atoms with Crippen molar-refractivity contribution in [2.45, 2.75) is 12.7 Å². The van der Waals surface area contributed by atoms with E-state index in [0.717, 1.165) is 17.8 Å². The lowest BCUT2D eigenvalue weighted by molar-refractivity contribution is -0.141. The molecule has 1 amide bonds. The zero-order valence-electron chi connectivity index (χ0n) is 11.6. The predicted molar refractivity (Wildman–Crippen MR) is 74.2 cm³/mol. The Morgan fingerprint density at radius 3 is 2.45 bits per heavy atom. The number of carbonyl (C=O) groups excluding carboxylic acids is 1. The molecule has 1 heterocycles. The predicted octanol–water partition coefficient (Wildman–Crippen LogP) is 2.47. The van der Waals surface area contributed by atoms with Gasteiger partial charge in [-0.25, -0.2) is 9.97 Å². The third-order valence-corrected chi connectivity index (χ3v) is 2.84. The summed E-state index contributed by atoms with van der Waals surface area (Å²) in [4.78, 5) is 18.5. The van der Waals surface area contributed by atoms with Crippen molar-refractivity contribution in [2.24, 2.45) is 0 Å².